The Morgan fingerprint density at radius 2 is 2.00 bits per heavy atom. The van der Waals surface area contributed by atoms with Gasteiger partial charge in [0.2, 0.25) is 5.88 Å². The second-order valence-electron chi connectivity index (χ2n) is 4.12. The molecule has 0 radical (unpaired) electrons. The molecule has 0 aliphatic rings. The summed E-state index contributed by atoms with van der Waals surface area (Å²) in [7, 11) is 1.90. The smallest absolute Gasteiger partial charge is 0.219 e. The van der Waals surface area contributed by atoms with Gasteiger partial charge in [0, 0.05) is 29.4 Å². The number of hydrogen-bond acceptors (Lipinski definition) is 3. The fraction of sp³-hybridized carbons (Fsp3) is 0.214. The maximum atomic E-state index is 6.03. The van der Waals surface area contributed by atoms with Gasteiger partial charge >= 0.3 is 0 Å². The van der Waals surface area contributed by atoms with E-state index in [9.17, 15) is 0 Å². The molecule has 1 aromatic heterocycles. The SMILES string of the molecule is CNC(C)c1ccc(Oc2cc(Cl)ccc2Cl)nc1. The van der Waals surface area contributed by atoms with Gasteiger partial charge in [-0.05, 0) is 31.7 Å². The van der Waals surface area contributed by atoms with Crippen molar-refractivity contribution < 1.29 is 4.74 Å². The first-order chi connectivity index (χ1) is 9.10. The van der Waals surface area contributed by atoms with Crippen molar-refractivity contribution in [1.29, 1.82) is 0 Å². The van der Waals surface area contributed by atoms with E-state index in [0.29, 0.717) is 21.7 Å². The molecule has 0 bridgehead atoms. The second-order valence-corrected chi connectivity index (χ2v) is 4.96. The topological polar surface area (TPSA) is 34.1 Å². The zero-order chi connectivity index (χ0) is 13.8. The molecule has 0 aliphatic carbocycles. The third-order valence-corrected chi connectivity index (χ3v) is 3.35. The molecule has 0 aliphatic heterocycles. The summed E-state index contributed by atoms with van der Waals surface area (Å²) in [5, 5.41) is 4.22. The first kappa shape index (κ1) is 14.1. The number of pyridine rings is 1. The summed E-state index contributed by atoms with van der Waals surface area (Å²) in [5.74, 6) is 0.979. The van der Waals surface area contributed by atoms with Crippen molar-refractivity contribution in [3.63, 3.8) is 0 Å². The minimum Gasteiger partial charge on any atom is -0.437 e. The van der Waals surface area contributed by atoms with Gasteiger partial charge in [0.15, 0.2) is 0 Å². The van der Waals surface area contributed by atoms with E-state index in [4.69, 9.17) is 27.9 Å². The van der Waals surface area contributed by atoms with Gasteiger partial charge in [0.25, 0.3) is 0 Å². The Bertz CT molecular complexity index is 558. The van der Waals surface area contributed by atoms with Crippen LogP contribution in [0.15, 0.2) is 36.5 Å². The number of halogens is 2. The molecular formula is C14H14Cl2N2O. The fourth-order valence-electron chi connectivity index (χ4n) is 1.54. The van der Waals surface area contributed by atoms with Gasteiger partial charge in [0.1, 0.15) is 5.75 Å². The second kappa shape index (κ2) is 6.24. The summed E-state index contributed by atoms with van der Waals surface area (Å²) in [6.07, 6.45) is 1.77. The highest BCUT2D eigenvalue weighted by molar-refractivity contribution is 6.34. The Kier molecular flexibility index (Phi) is 4.64. The van der Waals surface area contributed by atoms with Crippen LogP contribution in [0.2, 0.25) is 10.0 Å². The molecule has 2 rings (SSSR count). The first-order valence-electron chi connectivity index (χ1n) is 5.86. The molecule has 5 heteroatoms. The molecule has 100 valence electrons. The Balaban J connectivity index is 2.17. The summed E-state index contributed by atoms with van der Waals surface area (Å²) in [6.45, 7) is 2.06. The third-order valence-electron chi connectivity index (χ3n) is 2.80. The van der Waals surface area contributed by atoms with Crippen LogP contribution < -0.4 is 10.1 Å². The number of nitrogens with one attached hydrogen (secondary N) is 1. The van der Waals surface area contributed by atoms with Crippen molar-refractivity contribution in [3.8, 4) is 11.6 Å². The van der Waals surface area contributed by atoms with Crippen molar-refractivity contribution in [3.05, 3.63) is 52.1 Å². The van der Waals surface area contributed by atoms with Crippen LogP contribution in [0.4, 0.5) is 0 Å². The lowest BCUT2D eigenvalue weighted by Gasteiger charge is -2.11. The van der Waals surface area contributed by atoms with Crippen LogP contribution in [0.3, 0.4) is 0 Å². The van der Waals surface area contributed by atoms with Crippen LogP contribution in [0.1, 0.15) is 18.5 Å². The van der Waals surface area contributed by atoms with Crippen LogP contribution >= 0.6 is 23.2 Å². The van der Waals surface area contributed by atoms with E-state index >= 15 is 0 Å². The van der Waals surface area contributed by atoms with Crippen LogP contribution in [-0.4, -0.2) is 12.0 Å². The van der Waals surface area contributed by atoms with Crippen molar-refractivity contribution in [1.82, 2.24) is 10.3 Å². The van der Waals surface area contributed by atoms with Gasteiger partial charge in [0.05, 0.1) is 5.02 Å². The minimum absolute atomic E-state index is 0.247. The van der Waals surface area contributed by atoms with E-state index in [0.717, 1.165) is 5.56 Å². The molecule has 0 fully saturated rings. The Morgan fingerprint density at radius 1 is 1.21 bits per heavy atom. The van der Waals surface area contributed by atoms with E-state index in [2.05, 4.69) is 17.2 Å². The standard InChI is InChI=1S/C14H14Cl2N2O/c1-9(17-2)10-3-6-14(18-8-10)19-13-7-11(15)4-5-12(13)16/h3-9,17H,1-2H3. The van der Waals surface area contributed by atoms with Crippen molar-refractivity contribution >= 4 is 23.2 Å². The number of aromatic nitrogens is 1. The predicted molar refractivity (Wildman–Crippen MR) is 78.2 cm³/mol. The highest BCUT2D eigenvalue weighted by Crippen LogP contribution is 2.31. The Hall–Kier alpha value is -1.29. The van der Waals surface area contributed by atoms with Crippen molar-refractivity contribution in [2.45, 2.75) is 13.0 Å². The summed E-state index contributed by atoms with van der Waals surface area (Å²) >= 11 is 11.9. The molecule has 1 aromatic carbocycles. The molecule has 0 amide bonds. The monoisotopic (exact) mass is 296 g/mol. The lowest BCUT2D eigenvalue weighted by Crippen LogP contribution is -2.12. The van der Waals surface area contributed by atoms with Gasteiger partial charge in [-0.2, -0.15) is 0 Å². The minimum atomic E-state index is 0.247. The predicted octanol–water partition coefficient (Wildman–Crippen LogP) is 4.46. The van der Waals surface area contributed by atoms with Gasteiger partial charge in [-0.15, -0.1) is 0 Å². The van der Waals surface area contributed by atoms with Crippen molar-refractivity contribution in [2.24, 2.45) is 0 Å². The number of rotatable bonds is 4. The van der Waals surface area contributed by atoms with Crippen LogP contribution in [0.25, 0.3) is 0 Å². The third kappa shape index (κ3) is 3.60. The molecule has 1 heterocycles. The van der Waals surface area contributed by atoms with E-state index in [1.807, 2.05) is 13.1 Å². The van der Waals surface area contributed by atoms with Gasteiger partial charge in [-0.3, -0.25) is 0 Å². The van der Waals surface area contributed by atoms with Crippen LogP contribution in [0.5, 0.6) is 11.6 Å². The largest absolute Gasteiger partial charge is 0.437 e. The lowest BCUT2D eigenvalue weighted by molar-refractivity contribution is 0.462. The molecule has 2 aromatic rings. The first-order valence-corrected chi connectivity index (χ1v) is 6.62. The molecule has 3 nitrogen and oxygen atoms in total. The lowest BCUT2D eigenvalue weighted by atomic mass is 10.1. The summed E-state index contributed by atoms with van der Waals surface area (Å²) in [4.78, 5) is 4.25. The molecule has 1 unspecified atom stereocenters. The normalized spacial score (nSPS) is 12.2. The molecule has 0 spiro atoms. The average Bonchev–Trinajstić information content (AvgIpc) is 2.43. The number of ether oxygens (including phenoxy) is 1. The zero-order valence-corrected chi connectivity index (χ0v) is 12.2. The Labute approximate surface area is 122 Å². The van der Waals surface area contributed by atoms with E-state index in [-0.39, 0.29) is 6.04 Å². The van der Waals surface area contributed by atoms with E-state index < -0.39 is 0 Å². The molecule has 1 atom stereocenters. The molecule has 0 saturated carbocycles. The van der Waals surface area contributed by atoms with E-state index in [1.165, 1.54) is 0 Å². The van der Waals surface area contributed by atoms with Crippen LogP contribution in [-0.2, 0) is 0 Å². The van der Waals surface area contributed by atoms with Crippen LogP contribution in [0, 0.1) is 0 Å². The maximum Gasteiger partial charge on any atom is 0.219 e. The van der Waals surface area contributed by atoms with Crippen molar-refractivity contribution in [2.75, 3.05) is 7.05 Å². The molecule has 1 N–H and O–H groups in total. The average molecular weight is 297 g/mol. The van der Waals surface area contributed by atoms with E-state index in [1.54, 1.807) is 30.5 Å². The highest BCUT2D eigenvalue weighted by Gasteiger charge is 2.07. The molecular weight excluding hydrogens is 283 g/mol. The Morgan fingerprint density at radius 3 is 2.63 bits per heavy atom. The maximum absolute atomic E-state index is 6.03. The van der Waals surface area contributed by atoms with Gasteiger partial charge in [-0.25, -0.2) is 4.98 Å². The molecule has 0 saturated heterocycles. The fourth-order valence-corrected chi connectivity index (χ4v) is 1.86. The van der Waals surface area contributed by atoms with Gasteiger partial charge < -0.3 is 10.1 Å². The number of nitrogens with zero attached hydrogens (tertiary/aromatic N) is 1. The summed E-state index contributed by atoms with van der Waals surface area (Å²) in [6, 6.07) is 9.08. The summed E-state index contributed by atoms with van der Waals surface area (Å²) < 4.78 is 5.61. The van der Waals surface area contributed by atoms with Gasteiger partial charge in [-0.1, -0.05) is 29.3 Å². The quantitative estimate of drug-likeness (QED) is 0.904. The zero-order valence-electron chi connectivity index (χ0n) is 10.7. The summed E-state index contributed by atoms with van der Waals surface area (Å²) in [5.41, 5.74) is 1.09. The molecule has 19 heavy (non-hydrogen) atoms. The number of benzene rings is 1. The highest BCUT2D eigenvalue weighted by atomic mass is 35.5. The number of hydrogen-bond donors (Lipinski definition) is 1.